The third-order valence-electron chi connectivity index (χ3n) is 3.44. The van der Waals surface area contributed by atoms with Crippen molar-refractivity contribution in [1.29, 1.82) is 0 Å². The lowest BCUT2D eigenvalue weighted by molar-refractivity contribution is 0.415. The Bertz CT molecular complexity index is 549. The van der Waals surface area contributed by atoms with Crippen LogP contribution in [0.25, 0.3) is 0 Å². The van der Waals surface area contributed by atoms with E-state index in [4.69, 9.17) is 4.74 Å². The Morgan fingerprint density at radius 1 is 0.905 bits per heavy atom. The number of hydrogen-bond acceptors (Lipinski definition) is 3. The van der Waals surface area contributed by atoms with Crippen LogP contribution in [0.15, 0.2) is 48.5 Å². The van der Waals surface area contributed by atoms with Gasteiger partial charge in [0.25, 0.3) is 0 Å². The number of hydrogen-bond donors (Lipinski definition) is 2. The van der Waals surface area contributed by atoms with Gasteiger partial charge in [0.05, 0.1) is 7.11 Å². The van der Waals surface area contributed by atoms with Gasteiger partial charge in [0.2, 0.25) is 0 Å². The first-order valence-corrected chi connectivity index (χ1v) is 7.41. The average Bonchev–Trinajstić information content (AvgIpc) is 2.52. The van der Waals surface area contributed by atoms with E-state index in [1.807, 2.05) is 24.3 Å². The van der Waals surface area contributed by atoms with Gasteiger partial charge in [-0.25, -0.2) is 0 Å². The summed E-state index contributed by atoms with van der Waals surface area (Å²) >= 11 is 0. The van der Waals surface area contributed by atoms with Crippen molar-refractivity contribution in [3.8, 4) is 5.75 Å². The summed E-state index contributed by atoms with van der Waals surface area (Å²) in [5.74, 6) is 1.41. The molecule has 0 bridgehead atoms. The molecule has 0 heterocycles. The Labute approximate surface area is 127 Å². The van der Waals surface area contributed by atoms with Gasteiger partial charge in [0, 0.05) is 24.5 Å². The van der Waals surface area contributed by atoms with Crippen molar-refractivity contribution >= 4 is 11.4 Å². The topological polar surface area (TPSA) is 33.3 Å². The molecular weight excluding hydrogens is 260 g/mol. The van der Waals surface area contributed by atoms with Crippen molar-refractivity contribution in [1.82, 2.24) is 0 Å². The molecule has 0 saturated heterocycles. The minimum Gasteiger partial charge on any atom is -0.497 e. The molecule has 0 fully saturated rings. The number of methoxy groups -OCH3 is 1. The Morgan fingerprint density at radius 3 is 2.24 bits per heavy atom. The van der Waals surface area contributed by atoms with E-state index >= 15 is 0 Å². The Balaban J connectivity index is 1.82. The molecule has 2 aromatic rings. The quantitative estimate of drug-likeness (QED) is 0.742. The lowest BCUT2D eigenvalue weighted by Crippen LogP contribution is -2.14. The lowest BCUT2D eigenvalue weighted by atomic mass is 10.0. The molecule has 2 rings (SSSR count). The summed E-state index contributed by atoms with van der Waals surface area (Å²) in [4.78, 5) is 0. The maximum atomic E-state index is 5.15. The maximum absolute atomic E-state index is 5.15. The first-order chi connectivity index (χ1) is 10.2. The molecule has 21 heavy (non-hydrogen) atoms. The van der Waals surface area contributed by atoms with Crippen molar-refractivity contribution in [2.45, 2.75) is 19.8 Å². The van der Waals surface area contributed by atoms with Gasteiger partial charge in [-0.2, -0.15) is 0 Å². The predicted molar refractivity (Wildman–Crippen MR) is 90.5 cm³/mol. The van der Waals surface area contributed by atoms with Gasteiger partial charge in [-0.3, -0.25) is 0 Å². The first kappa shape index (κ1) is 15.2. The molecule has 0 aliphatic rings. The fourth-order valence-corrected chi connectivity index (χ4v) is 2.27. The van der Waals surface area contributed by atoms with Gasteiger partial charge in [-0.1, -0.05) is 32.0 Å². The van der Waals surface area contributed by atoms with E-state index in [9.17, 15) is 0 Å². The highest BCUT2D eigenvalue weighted by Crippen LogP contribution is 2.23. The van der Waals surface area contributed by atoms with E-state index in [0.29, 0.717) is 5.92 Å². The third-order valence-corrected chi connectivity index (χ3v) is 3.44. The standard InChI is InChI=1S/C18H24N2O/c1-14(2)17-6-4-5-7-18(17)20-13-12-19-15-8-10-16(21-3)11-9-15/h4-11,14,19-20H,12-13H2,1-3H3. The van der Waals surface area contributed by atoms with Crippen molar-refractivity contribution in [3.05, 3.63) is 54.1 Å². The number of benzene rings is 2. The van der Waals surface area contributed by atoms with Gasteiger partial charge >= 0.3 is 0 Å². The Hall–Kier alpha value is -2.16. The van der Waals surface area contributed by atoms with Gasteiger partial charge in [-0.15, -0.1) is 0 Å². The van der Waals surface area contributed by atoms with Crippen LogP contribution in [-0.4, -0.2) is 20.2 Å². The smallest absolute Gasteiger partial charge is 0.119 e. The summed E-state index contributed by atoms with van der Waals surface area (Å²) < 4.78 is 5.15. The highest BCUT2D eigenvalue weighted by Gasteiger charge is 2.04. The van der Waals surface area contributed by atoms with Crippen molar-refractivity contribution < 1.29 is 4.74 Å². The largest absolute Gasteiger partial charge is 0.497 e. The second-order valence-electron chi connectivity index (χ2n) is 5.32. The van der Waals surface area contributed by atoms with E-state index in [0.717, 1.165) is 24.5 Å². The zero-order valence-corrected chi connectivity index (χ0v) is 13.0. The van der Waals surface area contributed by atoms with E-state index in [-0.39, 0.29) is 0 Å². The minimum absolute atomic E-state index is 0.531. The highest BCUT2D eigenvalue weighted by atomic mass is 16.5. The maximum Gasteiger partial charge on any atom is 0.119 e. The van der Waals surface area contributed by atoms with Crippen LogP contribution in [0.3, 0.4) is 0 Å². The molecule has 2 N–H and O–H groups in total. The molecule has 3 nitrogen and oxygen atoms in total. The van der Waals surface area contributed by atoms with Crippen LogP contribution < -0.4 is 15.4 Å². The normalized spacial score (nSPS) is 10.5. The lowest BCUT2D eigenvalue weighted by Gasteiger charge is -2.15. The number of anilines is 2. The van der Waals surface area contributed by atoms with Gasteiger partial charge in [0.15, 0.2) is 0 Å². The monoisotopic (exact) mass is 284 g/mol. The summed E-state index contributed by atoms with van der Waals surface area (Å²) in [7, 11) is 1.68. The molecule has 0 unspecified atom stereocenters. The Kier molecular flexibility index (Phi) is 5.50. The molecule has 0 radical (unpaired) electrons. The van der Waals surface area contributed by atoms with Crippen molar-refractivity contribution in [3.63, 3.8) is 0 Å². The number of para-hydroxylation sites is 1. The molecule has 0 atom stereocenters. The van der Waals surface area contributed by atoms with E-state index < -0.39 is 0 Å². The zero-order valence-electron chi connectivity index (χ0n) is 13.0. The zero-order chi connectivity index (χ0) is 15.1. The van der Waals surface area contributed by atoms with Gasteiger partial charge in [0.1, 0.15) is 5.75 Å². The second-order valence-corrected chi connectivity index (χ2v) is 5.32. The first-order valence-electron chi connectivity index (χ1n) is 7.41. The fourth-order valence-electron chi connectivity index (χ4n) is 2.27. The summed E-state index contributed by atoms with van der Waals surface area (Å²) in [6.45, 7) is 6.20. The summed E-state index contributed by atoms with van der Waals surface area (Å²) in [5, 5.41) is 6.90. The van der Waals surface area contributed by atoms with Crippen molar-refractivity contribution in [2.75, 3.05) is 30.8 Å². The van der Waals surface area contributed by atoms with Crippen LogP contribution in [0.5, 0.6) is 5.75 Å². The van der Waals surface area contributed by atoms with E-state index in [1.54, 1.807) is 7.11 Å². The summed E-state index contributed by atoms with van der Waals surface area (Å²) in [6, 6.07) is 16.5. The van der Waals surface area contributed by atoms with E-state index in [2.05, 4.69) is 48.7 Å². The third kappa shape index (κ3) is 4.42. The highest BCUT2D eigenvalue weighted by molar-refractivity contribution is 5.53. The van der Waals surface area contributed by atoms with Crippen LogP contribution in [-0.2, 0) is 0 Å². The van der Waals surface area contributed by atoms with Crippen molar-refractivity contribution in [2.24, 2.45) is 0 Å². The number of rotatable bonds is 7. The molecule has 0 aliphatic heterocycles. The van der Waals surface area contributed by atoms with Crippen LogP contribution in [0.4, 0.5) is 11.4 Å². The minimum atomic E-state index is 0.531. The average molecular weight is 284 g/mol. The van der Waals surface area contributed by atoms with Crippen LogP contribution in [0.1, 0.15) is 25.3 Å². The fraction of sp³-hybridized carbons (Fsp3) is 0.333. The van der Waals surface area contributed by atoms with E-state index in [1.165, 1.54) is 11.3 Å². The molecular formula is C18H24N2O. The molecule has 0 aromatic heterocycles. The van der Waals surface area contributed by atoms with Crippen LogP contribution in [0, 0.1) is 0 Å². The molecule has 0 aliphatic carbocycles. The van der Waals surface area contributed by atoms with Crippen LogP contribution in [0.2, 0.25) is 0 Å². The summed E-state index contributed by atoms with van der Waals surface area (Å²) in [6.07, 6.45) is 0. The van der Waals surface area contributed by atoms with Gasteiger partial charge < -0.3 is 15.4 Å². The predicted octanol–water partition coefficient (Wildman–Crippen LogP) is 4.34. The summed E-state index contributed by atoms with van der Waals surface area (Å²) in [5.41, 5.74) is 3.70. The molecule has 0 spiro atoms. The molecule has 112 valence electrons. The van der Waals surface area contributed by atoms with Crippen LogP contribution >= 0.6 is 0 Å². The van der Waals surface area contributed by atoms with Gasteiger partial charge in [-0.05, 0) is 41.8 Å². The number of ether oxygens (including phenoxy) is 1. The SMILES string of the molecule is COc1ccc(NCCNc2ccccc2C(C)C)cc1. The number of nitrogens with one attached hydrogen (secondary N) is 2. The second kappa shape index (κ2) is 7.58. The molecule has 0 amide bonds. The Morgan fingerprint density at radius 2 is 1.57 bits per heavy atom. The molecule has 3 heteroatoms. The molecule has 2 aromatic carbocycles. The molecule has 0 saturated carbocycles.